The fourth-order valence-corrected chi connectivity index (χ4v) is 2.96. The first-order valence-corrected chi connectivity index (χ1v) is 7.51. The summed E-state index contributed by atoms with van der Waals surface area (Å²) in [5.41, 5.74) is -3.74. The van der Waals surface area contributed by atoms with E-state index in [1.807, 2.05) is 0 Å². The van der Waals surface area contributed by atoms with E-state index in [1.165, 1.54) is 0 Å². The number of hydrogen-bond acceptors (Lipinski definition) is 7. The van der Waals surface area contributed by atoms with Crippen LogP contribution in [0.25, 0.3) is 0 Å². The monoisotopic (exact) mass is 426 g/mol. The number of aromatic nitrogens is 1. The van der Waals surface area contributed by atoms with E-state index in [2.05, 4.69) is 25.6 Å². The zero-order chi connectivity index (χ0) is 18.2. The van der Waals surface area contributed by atoms with Gasteiger partial charge in [-0.15, -0.1) is 0 Å². The quantitative estimate of drug-likeness (QED) is 0.555. The number of nitro groups is 2. The van der Waals surface area contributed by atoms with Crippen molar-refractivity contribution in [1.29, 1.82) is 0 Å². The molecule has 128 valence electrons. The first-order chi connectivity index (χ1) is 11.0. The molecule has 1 heterocycles. The van der Waals surface area contributed by atoms with Crippen LogP contribution < -0.4 is 5.32 Å². The number of nitrogens with zero attached hydrogens (tertiary/aromatic N) is 3. The number of hydrogen-bond donors (Lipinski definition) is 1. The third kappa shape index (κ3) is 3.46. The molecule has 0 aliphatic carbocycles. The number of halogens is 4. The van der Waals surface area contributed by atoms with Gasteiger partial charge in [0.2, 0.25) is 0 Å². The SMILES string of the molecule is Cc1nsc(Nc2c([N+](=O)[O-])cc(C(F)(F)F)cc2[N+](=O)[O-])c1Br. The maximum Gasteiger partial charge on any atom is 0.416 e. The van der Waals surface area contributed by atoms with Crippen molar-refractivity contribution < 1.29 is 23.0 Å². The number of anilines is 2. The summed E-state index contributed by atoms with van der Waals surface area (Å²) >= 11 is 3.99. The summed E-state index contributed by atoms with van der Waals surface area (Å²) in [5.74, 6) is 0. The molecule has 13 heteroatoms. The lowest BCUT2D eigenvalue weighted by Gasteiger charge is -2.10. The average molecular weight is 427 g/mol. The van der Waals surface area contributed by atoms with Gasteiger partial charge in [0.15, 0.2) is 5.69 Å². The summed E-state index contributed by atoms with van der Waals surface area (Å²) in [5, 5.41) is 24.8. The second-order valence-electron chi connectivity index (χ2n) is 4.44. The van der Waals surface area contributed by atoms with Crippen LogP contribution in [0.15, 0.2) is 16.6 Å². The first-order valence-electron chi connectivity index (χ1n) is 5.95. The first kappa shape index (κ1) is 18.1. The molecule has 0 spiro atoms. The molecule has 2 rings (SSSR count). The third-order valence-corrected chi connectivity index (χ3v) is 4.93. The van der Waals surface area contributed by atoms with Crippen LogP contribution in [0.1, 0.15) is 11.3 Å². The Balaban J connectivity index is 2.70. The molecule has 0 radical (unpaired) electrons. The fourth-order valence-electron chi connectivity index (χ4n) is 1.74. The van der Waals surface area contributed by atoms with Gasteiger partial charge in [-0.05, 0) is 34.4 Å². The van der Waals surface area contributed by atoms with Gasteiger partial charge >= 0.3 is 6.18 Å². The van der Waals surface area contributed by atoms with Gasteiger partial charge in [0, 0.05) is 12.1 Å². The molecular formula is C11H6BrF3N4O4S. The highest BCUT2D eigenvalue weighted by Gasteiger charge is 2.38. The topological polar surface area (TPSA) is 111 Å². The van der Waals surface area contributed by atoms with Crippen LogP contribution in [0.3, 0.4) is 0 Å². The van der Waals surface area contributed by atoms with Crippen molar-refractivity contribution in [1.82, 2.24) is 4.37 Å². The summed E-state index contributed by atoms with van der Waals surface area (Å²) in [4.78, 5) is 20.0. The van der Waals surface area contributed by atoms with E-state index in [0.29, 0.717) is 10.2 Å². The van der Waals surface area contributed by atoms with Gasteiger partial charge in [0.1, 0.15) is 5.00 Å². The number of aryl methyl sites for hydroxylation is 1. The number of nitro benzene ring substituents is 2. The predicted octanol–water partition coefficient (Wildman–Crippen LogP) is 4.79. The summed E-state index contributed by atoms with van der Waals surface area (Å²) in [7, 11) is 0. The van der Waals surface area contributed by atoms with Crippen molar-refractivity contribution >= 4 is 49.5 Å². The predicted molar refractivity (Wildman–Crippen MR) is 82.6 cm³/mol. The largest absolute Gasteiger partial charge is 0.416 e. The molecule has 1 aromatic carbocycles. The van der Waals surface area contributed by atoms with Crippen LogP contribution in [0.5, 0.6) is 0 Å². The van der Waals surface area contributed by atoms with E-state index in [9.17, 15) is 33.4 Å². The highest BCUT2D eigenvalue weighted by molar-refractivity contribution is 9.10. The van der Waals surface area contributed by atoms with Crippen LogP contribution in [0, 0.1) is 27.2 Å². The highest BCUT2D eigenvalue weighted by Crippen LogP contribution is 2.44. The summed E-state index contributed by atoms with van der Waals surface area (Å²) in [6.07, 6.45) is -4.96. The Bertz CT molecular complexity index is 804. The molecule has 24 heavy (non-hydrogen) atoms. The Hall–Kier alpha value is -2.28. The van der Waals surface area contributed by atoms with E-state index in [1.54, 1.807) is 6.92 Å². The van der Waals surface area contributed by atoms with E-state index in [-0.39, 0.29) is 17.1 Å². The lowest BCUT2D eigenvalue weighted by Crippen LogP contribution is -2.09. The van der Waals surface area contributed by atoms with Gasteiger partial charge in [0.25, 0.3) is 11.4 Å². The molecule has 0 saturated heterocycles. The number of alkyl halides is 3. The van der Waals surface area contributed by atoms with E-state index >= 15 is 0 Å². The lowest BCUT2D eigenvalue weighted by molar-refractivity contribution is -0.392. The van der Waals surface area contributed by atoms with Crippen molar-refractivity contribution in [3.8, 4) is 0 Å². The molecular weight excluding hydrogens is 421 g/mol. The van der Waals surface area contributed by atoms with Gasteiger partial charge in [-0.1, -0.05) is 0 Å². The van der Waals surface area contributed by atoms with Gasteiger partial charge in [-0.25, -0.2) is 0 Å². The lowest BCUT2D eigenvalue weighted by atomic mass is 10.1. The maximum absolute atomic E-state index is 12.8. The smallest absolute Gasteiger partial charge is 0.334 e. The van der Waals surface area contributed by atoms with Crippen LogP contribution in [0.4, 0.5) is 35.2 Å². The molecule has 0 bridgehead atoms. The van der Waals surface area contributed by atoms with Crippen molar-refractivity contribution in [2.24, 2.45) is 0 Å². The molecule has 1 N–H and O–H groups in total. The molecule has 1 aromatic heterocycles. The van der Waals surface area contributed by atoms with Crippen molar-refractivity contribution in [3.63, 3.8) is 0 Å². The average Bonchev–Trinajstić information content (AvgIpc) is 2.77. The Morgan fingerprint density at radius 1 is 1.21 bits per heavy atom. The Labute approximate surface area is 143 Å². The highest BCUT2D eigenvalue weighted by atomic mass is 79.9. The van der Waals surface area contributed by atoms with Crippen molar-refractivity contribution in [3.05, 3.63) is 48.1 Å². The molecule has 0 unspecified atom stereocenters. The van der Waals surface area contributed by atoms with Gasteiger partial charge < -0.3 is 5.32 Å². The molecule has 0 saturated carbocycles. The second-order valence-corrected chi connectivity index (χ2v) is 6.00. The molecule has 0 aliphatic heterocycles. The zero-order valence-corrected chi connectivity index (χ0v) is 14.0. The molecule has 0 atom stereocenters. The van der Waals surface area contributed by atoms with Gasteiger partial charge in [-0.3, -0.25) is 20.2 Å². The zero-order valence-electron chi connectivity index (χ0n) is 11.5. The molecule has 0 amide bonds. The number of benzene rings is 1. The minimum atomic E-state index is -4.96. The van der Waals surface area contributed by atoms with Crippen molar-refractivity contribution in [2.45, 2.75) is 13.1 Å². The Kier molecular flexibility index (Phi) is 4.75. The van der Waals surface area contributed by atoms with E-state index in [0.717, 1.165) is 11.5 Å². The minimum absolute atomic E-state index is 0.193. The normalized spacial score (nSPS) is 11.4. The summed E-state index contributed by atoms with van der Waals surface area (Å²) in [6.45, 7) is 1.61. The molecule has 0 aliphatic rings. The summed E-state index contributed by atoms with van der Waals surface area (Å²) < 4.78 is 42.8. The van der Waals surface area contributed by atoms with Crippen LogP contribution in [-0.4, -0.2) is 14.2 Å². The second kappa shape index (κ2) is 6.32. The Morgan fingerprint density at radius 3 is 2.04 bits per heavy atom. The molecule has 8 nitrogen and oxygen atoms in total. The maximum atomic E-state index is 12.8. The Morgan fingerprint density at radius 2 is 1.71 bits per heavy atom. The standard InChI is InChI=1S/C11H6BrF3N4O4S/c1-4-8(12)10(24-17-4)16-9-6(18(20)21)2-5(11(13,14)15)3-7(9)19(22)23/h2-3,16H,1H3. The number of rotatable bonds is 4. The third-order valence-electron chi connectivity index (χ3n) is 2.85. The minimum Gasteiger partial charge on any atom is -0.334 e. The fraction of sp³-hybridized carbons (Fsp3) is 0.182. The van der Waals surface area contributed by atoms with Gasteiger partial charge in [0.05, 0.1) is 25.6 Å². The van der Waals surface area contributed by atoms with Gasteiger partial charge in [-0.2, -0.15) is 17.5 Å². The van der Waals surface area contributed by atoms with E-state index < -0.39 is 38.6 Å². The van der Waals surface area contributed by atoms with Crippen LogP contribution in [-0.2, 0) is 6.18 Å². The van der Waals surface area contributed by atoms with Crippen LogP contribution >= 0.6 is 27.5 Å². The van der Waals surface area contributed by atoms with E-state index in [4.69, 9.17) is 0 Å². The van der Waals surface area contributed by atoms with Crippen molar-refractivity contribution in [2.75, 3.05) is 5.32 Å². The molecule has 0 fully saturated rings. The molecule has 2 aromatic rings. The number of nitrogens with one attached hydrogen (secondary N) is 1. The van der Waals surface area contributed by atoms with Crippen LogP contribution in [0.2, 0.25) is 0 Å². The summed E-state index contributed by atoms with van der Waals surface area (Å²) in [6, 6.07) is 0.494.